The molecule has 0 amide bonds. The fourth-order valence-electron chi connectivity index (χ4n) is 2.36. The molecule has 1 heterocycles. The molecule has 0 saturated carbocycles. The summed E-state index contributed by atoms with van der Waals surface area (Å²) in [6, 6.07) is 0. The number of aromatic nitrogens is 2. The molecule has 0 unspecified atom stereocenters. The van der Waals surface area contributed by atoms with Gasteiger partial charge in [-0.05, 0) is 11.8 Å². The van der Waals surface area contributed by atoms with Gasteiger partial charge in [-0.15, -0.1) is 0 Å². The summed E-state index contributed by atoms with van der Waals surface area (Å²) in [5, 5.41) is 13.8. The minimum absolute atomic E-state index is 0.0825. The lowest BCUT2D eigenvalue weighted by atomic mass is 9.82. The van der Waals surface area contributed by atoms with Crippen LogP contribution in [0, 0.1) is 11.8 Å². The summed E-state index contributed by atoms with van der Waals surface area (Å²) in [5.41, 5.74) is 2.02. The molecule has 0 aromatic carbocycles. The Labute approximate surface area is 92.1 Å². The second-order valence-electron chi connectivity index (χ2n) is 4.89. The summed E-state index contributed by atoms with van der Waals surface area (Å²) in [7, 11) is 1.90. The minimum atomic E-state index is 0.0825. The molecule has 3 heteroatoms. The molecule has 1 aromatic rings. The number of aliphatic hydroxyl groups excluding tert-OH is 1. The Morgan fingerprint density at radius 2 is 1.80 bits per heavy atom. The van der Waals surface area contributed by atoms with Crippen LogP contribution in [0.4, 0.5) is 0 Å². The van der Waals surface area contributed by atoms with Crippen LogP contribution >= 0.6 is 0 Å². The lowest BCUT2D eigenvalue weighted by Gasteiger charge is -2.23. The monoisotopic (exact) mass is 210 g/mol. The molecule has 1 N–H and O–H groups in total. The quantitative estimate of drug-likeness (QED) is 0.828. The Balaban J connectivity index is 3.09. The van der Waals surface area contributed by atoms with E-state index in [-0.39, 0.29) is 6.61 Å². The number of aryl methyl sites for hydroxylation is 1. The smallest absolute Gasteiger partial charge is 0.0715 e. The van der Waals surface area contributed by atoms with Crippen LogP contribution in [0.15, 0.2) is 6.20 Å². The van der Waals surface area contributed by atoms with Crippen molar-refractivity contribution in [2.45, 2.75) is 40.2 Å². The van der Waals surface area contributed by atoms with E-state index in [2.05, 4.69) is 32.8 Å². The molecular weight excluding hydrogens is 188 g/mol. The van der Waals surface area contributed by atoms with E-state index in [0.717, 1.165) is 11.3 Å². The maximum Gasteiger partial charge on any atom is 0.0715 e. The zero-order valence-electron chi connectivity index (χ0n) is 10.4. The Morgan fingerprint density at radius 3 is 2.20 bits per heavy atom. The minimum Gasteiger partial charge on any atom is -0.392 e. The molecule has 0 spiro atoms. The van der Waals surface area contributed by atoms with Crippen LogP contribution < -0.4 is 0 Å². The van der Waals surface area contributed by atoms with Crippen molar-refractivity contribution in [3.63, 3.8) is 0 Å². The molecule has 3 nitrogen and oxygen atoms in total. The van der Waals surface area contributed by atoms with Crippen LogP contribution in [0.1, 0.15) is 44.9 Å². The van der Waals surface area contributed by atoms with Crippen molar-refractivity contribution in [1.82, 2.24) is 9.78 Å². The Bertz CT molecular complexity index is 307. The second kappa shape index (κ2) is 4.79. The highest BCUT2D eigenvalue weighted by molar-refractivity contribution is 5.21. The highest BCUT2D eigenvalue weighted by Gasteiger charge is 2.24. The van der Waals surface area contributed by atoms with Crippen molar-refractivity contribution >= 4 is 0 Å². The third kappa shape index (κ3) is 2.59. The van der Waals surface area contributed by atoms with Gasteiger partial charge in [-0.1, -0.05) is 27.7 Å². The van der Waals surface area contributed by atoms with Crippen molar-refractivity contribution in [2.24, 2.45) is 18.9 Å². The molecule has 0 aliphatic carbocycles. The standard InChI is InChI=1S/C12H22N2O/c1-8(2)11(9(3)4)12-10(7-15)6-14(5)13-12/h6,8-9,11,15H,7H2,1-5H3. The number of rotatable bonds is 4. The Morgan fingerprint density at radius 1 is 1.27 bits per heavy atom. The van der Waals surface area contributed by atoms with Crippen LogP contribution in [-0.4, -0.2) is 14.9 Å². The van der Waals surface area contributed by atoms with Crippen LogP contribution in [0.3, 0.4) is 0 Å². The summed E-state index contributed by atoms with van der Waals surface area (Å²) in [4.78, 5) is 0. The summed E-state index contributed by atoms with van der Waals surface area (Å²) in [6.07, 6.45) is 1.91. The zero-order valence-corrected chi connectivity index (χ0v) is 10.4. The fraction of sp³-hybridized carbons (Fsp3) is 0.750. The van der Waals surface area contributed by atoms with Crippen molar-refractivity contribution in [2.75, 3.05) is 0 Å². The first-order chi connectivity index (χ1) is 6.97. The first kappa shape index (κ1) is 12.2. The van der Waals surface area contributed by atoms with E-state index in [4.69, 9.17) is 0 Å². The van der Waals surface area contributed by atoms with Crippen LogP contribution in [-0.2, 0) is 13.7 Å². The summed E-state index contributed by atoms with van der Waals surface area (Å²) in [6.45, 7) is 8.92. The van der Waals surface area contributed by atoms with E-state index in [1.807, 2.05) is 13.2 Å². The van der Waals surface area contributed by atoms with Gasteiger partial charge in [-0.25, -0.2) is 0 Å². The summed E-state index contributed by atoms with van der Waals surface area (Å²) in [5.74, 6) is 1.52. The molecule has 0 saturated heterocycles. The van der Waals surface area contributed by atoms with E-state index in [9.17, 15) is 5.11 Å². The average Bonchev–Trinajstić information content (AvgIpc) is 2.45. The normalized spacial score (nSPS) is 12.1. The van der Waals surface area contributed by atoms with Gasteiger partial charge in [-0.2, -0.15) is 5.10 Å². The molecule has 15 heavy (non-hydrogen) atoms. The number of hydrogen-bond acceptors (Lipinski definition) is 2. The highest BCUT2D eigenvalue weighted by atomic mass is 16.3. The van der Waals surface area contributed by atoms with Gasteiger partial charge in [-0.3, -0.25) is 4.68 Å². The fourth-order valence-corrected chi connectivity index (χ4v) is 2.36. The van der Waals surface area contributed by atoms with Gasteiger partial charge in [0.15, 0.2) is 0 Å². The van der Waals surface area contributed by atoms with Gasteiger partial charge >= 0.3 is 0 Å². The summed E-state index contributed by atoms with van der Waals surface area (Å²) >= 11 is 0. The lowest BCUT2D eigenvalue weighted by Crippen LogP contribution is -2.16. The van der Waals surface area contributed by atoms with Crippen LogP contribution in [0.2, 0.25) is 0 Å². The molecule has 0 radical (unpaired) electrons. The number of nitrogens with zero attached hydrogens (tertiary/aromatic N) is 2. The van der Waals surface area contributed by atoms with Crippen molar-refractivity contribution in [3.05, 3.63) is 17.5 Å². The molecule has 1 rings (SSSR count). The maximum absolute atomic E-state index is 9.29. The molecule has 0 fully saturated rings. The van der Waals surface area contributed by atoms with E-state index in [0.29, 0.717) is 17.8 Å². The van der Waals surface area contributed by atoms with E-state index >= 15 is 0 Å². The van der Waals surface area contributed by atoms with Crippen molar-refractivity contribution in [1.29, 1.82) is 0 Å². The average molecular weight is 210 g/mol. The third-order valence-corrected chi connectivity index (χ3v) is 2.86. The predicted molar refractivity (Wildman–Crippen MR) is 61.5 cm³/mol. The molecule has 0 atom stereocenters. The Hall–Kier alpha value is -0.830. The van der Waals surface area contributed by atoms with Gasteiger partial charge in [0.25, 0.3) is 0 Å². The van der Waals surface area contributed by atoms with Gasteiger partial charge in [0, 0.05) is 24.7 Å². The maximum atomic E-state index is 9.29. The largest absolute Gasteiger partial charge is 0.392 e. The lowest BCUT2D eigenvalue weighted by molar-refractivity contribution is 0.276. The molecule has 0 bridgehead atoms. The first-order valence-electron chi connectivity index (χ1n) is 5.60. The first-order valence-corrected chi connectivity index (χ1v) is 5.60. The number of hydrogen-bond donors (Lipinski definition) is 1. The van der Waals surface area contributed by atoms with Gasteiger partial charge < -0.3 is 5.11 Å². The zero-order chi connectivity index (χ0) is 11.6. The van der Waals surface area contributed by atoms with Crippen molar-refractivity contribution in [3.8, 4) is 0 Å². The Kier molecular flexibility index (Phi) is 3.91. The SMILES string of the molecule is CC(C)C(c1nn(C)cc1CO)C(C)C. The molecule has 86 valence electrons. The van der Waals surface area contributed by atoms with Gasteiger partial charge in [0.05, 0.1) is 12.3 Å². The van der Waals surface area contributed by atoms with Crippen LogP contribution in [0.25, 0.3) is 0 Å². The van der Waals surface area contributed by atoms with Crippen LogP contribution in [0.5, 0.6) is 0 Å². The van der Waals surface area contributed by atoms with E-state index in [1.165, 1.54) is 0 Å². The van der Waals surface area contributed by atoms with Gasteiger partial charge in [0.2, 0.25) is 0 Å². The molecule has 1 aromatic heterocycles. The molecule has 0 aliphatic rings. The molecule has 0 aliphatic heterocycles. The number of aliphatic hydroxyl groups is 1. The second-order valence-corrected chi connectivity index (χ2v) is 4.89. The third-order valence-electron chi connectivity index (χ3n) is 2.86. The predicted octanol–water partition coefficient (Wildman–Crippen LogP) is 2.31. The molecular formula is C12H22N2O. The topological polar surface area (TPSA) is 38.0 Å². The van der Waals surface area contributed by atoms with E-state index in [1.54, 1.807) is 4.68 Å². The summed E-state index contributed by atoms with van der Waals surface area (Å²) < 4.78 is 1.79. The van der Waals surface area contributed by atoms with Crippen molar-refractivity contribution < 1.29 is 5.11 Å². The van der Waals surface area contributed by atoms with Gasteiger partial charge in [0.1, 0.15) is 0 Å². The highest BCUT2D eigenvalue weighted by Crippen LogP contribution is 2.32. The van der Waals surface area contributed by atoms with E-state index < -0.39 is 0 Å².